The average Bonchev–Trinajstić information content (AvgIpc) is 2.72. The van der Waals surface area contributed by atoms with Crippen molar-refractivity contribution in [3.63, 3.8) is 0 Å². The van der Waals surface area contributed by atoms with Gasteiger partial charge in [-0.05, 0) is 42.7 Å². The number of carbonyl (C=O) groups excluding carboxylic acids is 1. The van der Waals surface area contributed by atoms with Gasteiger partial charge in [-0.25, -0.2) is 0 Å². The summed E-state index contributed by atoms with van der Waals surface area (Å²) in [4.78, 5) is 11.9. The van der Waals surface area contributed by atoms with Gasteiger partial charge in [0.05, 0.1) is 20.3 Å². The Labute approximate surface area is 161 Å². The summed E-state index contributed by atoms with van der Waals surface area (Å²) in [5, 5.41) is 2.86. The molecular formula is C22H27NO4. The standard InChI is InChI=1S/C22H27NO4/c1-17(19-8-5-4-6-9-19)27-13-7-12-23-22(24)11-10-18-14-20(25-2)16-21(15-18)26-3/h4-6,8-11,14-17H,7,12-13H2,1-3H3,(H,23,24)/b11-10+. The summed E-state index contributed by atoms with van der Waals surface area (Å²) in [6.45, 7) is 3.18. The number of rotatable bonds is 10. The zero-order valence-electron chi connectivity index (χ0n) is 16.1. The molecule has 2 aromatic rings. The van der Waals surface area contributed by atoms with Gasteiger partial charge >= 0.3 is 0 Å². The average molecular weight is 369 g/mol. The third kappa shape index (κ3) is 7.15. The SMILES string of the molecule is COc1cc(/C=C/C(=O)NCCCOC(C)c2ccccc2)cc(OC)c1. The van der Waals surface area contributed by atoms with Crippen molar-refractivity contribution in [3.8, 4) is 11.5 Å². The van der Waals surface area contributed by atoms with Crippen molar-refractivity contribution >= 4 is 12.0 Å². The Morgan fingerprint density at radius 3 is 2.37 bits per heavy atom. The lowest BCUT2D eigenvalue weighted by atomic mass is 10.1. The van der Waals surface area contributed by atoms with Gasteiger partial charge in [-0.1, -0.05) is 30.3 Å². The molecule has 0 bridgehead atoms. The van der Waals surface area contributed by atoms with E-state index in [1.54, 1.807) is 26.4 Å². The Kier molecular flexibility index (Phi) is 8.39. The predicted molar refractivity (Wildman–Crippen MR) is 107 cm³/mol. The maximum Gasteiger partial charge on any atom is 0.244 e. The third-order valence-electron chi connectivity index (χ3n) is 4.06. The van der Waals surface area contributed by atoms with Gasteiger partial charge in [-0.15, -0.1) is 0 Å². The van der Waals surface area contributed by atoms with Crippen molar-refractivity contribution in [2.45, 2.75) is 19.4 Å². The van der Waals surface area contributed by atoms with Crippen LogP contribution in [0.4, 0.5) is 0 Å². The molecule has 0 heterocycles. The first kappa shape index (κ1) is 20.5. The van der Waals surface area contributed by atoms with Crippen LogP contribution in [0.3, 0.4) is 0 Å². The lowest BCUT2D eigenvalue weighted by Crippen LogP contribution is -2.23. The first-order chi connectivity index (χ1) is 13.1. The van der Waals surface area contributed by atoms with Crippen molar-refractivity contribution in [1.82, 2.24) is 5.32 Å². The van der Waals surface area contributed by atoms with Crippen molar-refractivity contribution in [3.05, 3.63) is 65.7 Å². The van der Waals surface area contributed by atoms with E-state index in [-0.39, 0.29) is 12.0 Å². The highest BCUT2D eigenvalue weighted by Crippen LogP contribution is 2.23. The summed E-state index contributed by atoms with van der Waals surface area (Å²) in [7, 11) is 3.19. The van der Waals surface area contributed by atoms with E-state index in [1.807, 2.05) is 49.4 Å². The van der Waals surface area contributed by atoms with Crippen LogP contribution in [0.5, 0.6) is 11.5 Å². The summed E-state index contributed by atoms with van der Waals surface area (Å²) >= 11 is 0. The Morgan fingerprint density at radius 1 is 1.07 bits per heavy atom. The maximum absolute atomic E-state index is 11.9. The van der Waals surface area contributed by atoms with Crippen LogP contribution in [-0.2, 0) is 9.53 Å². The molecule has 0 saturated carbocycles. The number of benzene rings is 2. The minimum absolute atomic E-state index is 0.0461. The molecule has 5 heteroatoms. The monoisotopic (exact) mass is 369 g/mol. The van der Waals surface area contributed by atoms with Gasteiger partial charge in [0.2, 0.25) is 5.91 Å². The number of carbonyl (C=O) groups is 1. The molecule has 2 aromatic carbocycles. The minimum atomic E-state index is -0.145. The lowest BCUT2D eigenvalue weighted by Gasteiger charge is -2.13. The van der Waals surface area contributed by atoms with E-state index in [0.717, 1.165) is 17.5 Å². The smallest absolute Gasteiger partial charge is 0.244 e. The number of nitrogens with one attached hydrogen (secondary N) is 1. The fraction of sp³-hybridized carbons (Fsp3) is 0.318. The summed E-state index contributed by atoms with van der Waals surface area (Å²) in [6.07, 6.45) is 4.03. The van der Waals surface area contributed by atoms with Gasteiger partial charge in [-0.2, -0.15) is 0 Å². The molecule has 1 N–H and O–H groups in total. The topological polar surface area (TPSA) is 56.8 Å². The molecule has 2 rings (SSSR count). The van der Waals surface area contributed by atoms with E-state index in [9.17, 15) is 4.79 Å². The van der Waals surface area contributed by atoms with Crippen LogP contribution >= 0.6 is 0 Å². The van der Waals surface area contributed by atoms with E-state index in [4.69, 9.17) is 14.2 Å². The van der Waals surface area contributed by atoms with Gasteiger partial charge in [0.15, 0.2) is 0 Å². The van der Waals surface area contributed by atoms with Crippen LogP contribution in [0.1, 0.15) is 30.6 Å². The Bertz CT molecular complexity index is 721. The number of ether oxygens (including phenoxy) is 3. The molecule has 0 saturated heterocycles. The van der Waals surface area contributed by atoms with E-state index >= 15 is 0 Å². The molecule has 27 heavy (non-hydrogen) atoms. The predicted octanol–water partition coefficient (Wildman–Crippen LogP) is 4.00. The van der Waals surface area contributed by atoms with Gasteiger partial charge in [0, 0.05) is 25.3 Å². The van der Waals surface area contributed by atoms with Crippen LogP contribution < -0.4 is 14.8 Å². The molecule has 0 aromatic heterocycles. The second-order valence-electron chi connectivity index (χ2n) is 6.05. The summed E-state index contributed by atoms with van der Waals surface area (Å²) < 4.78 is 16.2. The molecule has 1 atom stereocenters. The molecule has 0 radical (unpaired) electrons. The number of hydrogen-bond donors (Lipinski definition) is 1. The molecule has 1 unspecified atom stereocenters. The fourth-order valence-electron chi connectivity index (χ4n) is 2.52. The number of methoxy groups -OCH3 is 2. The first-order valence-corrected chi connectivity index (χ1v) is 8.98. The number of hydrogen-bond acceptors (Lipinski definition) is 4. The van der Waals surface area contributed by atoms with E-state index in [2.05, 4.69) is 5.32 Å². The van der Waals surface area contributed by atoms with Crippen molar-refractivity contribution < 1.29 is 19.0 Å². The first-order valence-electron chi connectivity index (χ1n) is 8.98. The van der Waals surface area contributed by atoms with Crippen LogP contribution in [0.15, 0.2) is 54.6 Å². The molecule has 144 valence electrons. The molecule has 0 aliphatic carbocycles. The fourth-order valence-corrected chi connectivity index (χ4v) is 2.52. The lowest BCUT2D eigenvalue weighted by molar-refractivity contribution is -0.116. The summed E-state index contributed by atoms with van der Waals surface area (Å²) in [6, 6.07) is 15.5. The molecule has 1 amide bonds. The zero-order chi connectivity index (χ0) is 19.5. The van der Waals surface area contributed by atoms with E-state index < -0.39 is 0 Å². The van der Waals surface area contributed by atoms with Crippen LogP contribution in [0, 0.1) is 0 Å². The molecule has 0 aliphatic heterocycles. The molecule has 0 aliphatic rings. The molecule has 0 spiro atoms. The van der Waals surface area contributed by atoms with Crippen molar-refractivity contribution in [2.24, 2.45) is 0 Å². The van der Waals surface area contributed by atoms with E-state index in [1.165, 1.54) is 6.08 Å². The Balaban J connectivity index is 1.71. The zero-order valence-corrected chi connectivity index (χ0v) is 16.1. The van der Waals surface area contributed by atoms with Crippen LogP contribution in [-0.4, -0.2) is 33.3 Å². The molecular weight excluding hydrogens is 342 g/mol. The van der Waals surface area contributed by atoms with Gasteiger partial charge < -0.3 is 19.5 Å². The van der Waals surface area contributed by atoms with Crippen LogP contribution in [0.25, 0.3) is 6.08 Å². The minimum Gasteiger partial charge on any atom is -0.497 e. The summed E-state index contributed by atoms with van der Waals surface area (Å²) in [5.74, 6) is 1.21. The maximum atomic E-state index is 11.9. The quantitative estimate of drug-likeness (QED) is 0.508. The largest absolute Gasteiger partial charge is 0.497 e. The summed E-state index contributed by atoms with van der Waals surface area (Å²) in [5.41, 5.74) is 1.99. The highest BCUT2D eigenvalue weighted by atomic mass is 16.5. The highest BCUT2D eigenvalue weighted by molar-refractivity contribution is 5.91. The van der Waals surface area contributed by atoms with Gasteiger partial charge in [-0.3, -0.25) is 4.79 Å². The Hall–Kier alpha value is -2.79. The van der Waals surface area contributed by atoms with Crippen LogP contribution in [0.2, 0.25) is 0 Å². The normalized spacial score (nSPS) is 12.0. The molecule has 0 fully saturated rings. The van der Waals surface area contributed by atoms with Crippen molar-refractivity contribution in [1.29, 1.82) is 0 Å². The van der Waals surface area contributed by atoms with Gasteiger partial charge in [0.25, 0.3) is 0 Å². The third-order valence-corrected chi connectivity index (χ3v) is 4.06. The van der Waals surface area contributed by atoms with Gasteiger partial charge in [0.1, 0.15) is 11.5 Å². The van der Waals surface area contributed by atoms with E-state index in [0.29, 0.717) is 24.7 Å². The highest BCUT2D eigenvalue weighted by Gasteiger charge is 2.04. The van der Waals surface area contributed by atoms with Crippen molar-refractivity contribution in [2.75, 3.05) is 27.4 Å². The number of amides is 1. The molecule has 5 nitrogen and oxygen atoms in total. The second kappa shape index (κ2) is 11.0. The second-order valence-corrected chi connectivity index (χ2v) is 6.05. The Morgan fingerprint density at radius 2 is 1.74 bits per heavy atom.